The predicted octanol–water partition coefficient (Wildman–Crippen LogP) is 3.81. The second kappa shape index (κ2) is 8.99. The van der Waals surface area contributed by atoms with Gasteiger partial charge in [-0.3, -0.25) is 4.79 Å². The van der Waals surface area contributed by atoms with Crippen LogP contribution in [0.2, 0.25) is 0 Å². The van der Waals surface area contributed by atoms with Gasteiger partial charge in [0, 0.05) is 25.0 Å². The molecule has 0 spiro atoms. The highest BCUT2D eigenvalue weighted by Gasteiger charge is 2.34. The van der Waals surface area contributed by atoms with Crippen LogP contribution in [0.25, 0.3) is 5.57 Å². The van der Waals surface area contributed by atoms with Crippen LogP contribution in [0.1, 0.15) is 71.5 Å². The van der Waals surface area contributed by atoms with Gasteiger partial charge in [0.05, 0.1) is 12.8 Å². The fourth-order valence-corrected chi connectivity index (χ4v) is 4.54. The van der Waals surface area contributed by atoms with Crippen molar-refractivity contribution in [2.24, 2.45) is 0 Å². The first-order valence-electron chi connectivity index (χ1n) is 10.7. The molecule has 0 atom stereocenters. The number of H-pyrrole nitrogens is 1. The molecule has 0 amide bonds. The van der Waals surface area contributed by atoms with E-state index in [1.807, 2.05) is 0 Å². The number of rotatable bonds is 6. The van der Waals surface area contributed by atoms with Gasteiger partial charge in [-0.1, -0.05) is 30.2 Å². The second-order valence-electron chi connectivity index (χ2n) is 8.29. The Morgan fingerprint density at radius 2 is 2.13 bits per heavy atom. The number of ketones is 1. The van der Waals surface area contributed by atoms with Crippen LogP contribution >= 0.6 is 0 Å². The quantitative estimate of drug-likeness (QED) is 0.567. The van der Waals surface area contributed by atoms with E-state index in [9.17, 15) is 9.90 Å². The van der Waals surface area contributed by atoms with E-state index in [-0.39, 0.29) is 24.2 Å². The number of Topliss-reactive ketones (excluding diaryl/α,β-unsaturated/α-hetero) is 1. The highest BCUT2D eigenvalue weighted by molar-refractivity contribution is 5.95. The Morgan fingerprint density at radius 3 is 2.80 bits per heavy atom. The van der Waals surface area contributed by atoms with Crippen molar-refractivity contribution < 1.29 is 14.6 Å². The summed E-state index contributed by atoms with van der Waals surface area (Å²) in [6, 6.07) is 6.33. The molecule has 2 N–H and O–H groups in total. The van der Waals surface area contributed by atoms with Crippen LogP contribution in [-0.2, 0) is 16.6 Å². The van der Waals surface area contributed by atoms with Gasteiger partial charge in [0.25, 0.3) is 0 Å². The van der Waals surface area contributed by atoms with Crippen molar-refractivity contribution in [1.29, 1.82) is 0 Å². The summed E-state index contributed by atoms with van der Waals surface area (Å²) >= 11 is 0. The molecule has 0 saturated carbocycles. The number of aliphatic hydroxyl groups is 1. The first-order chi connectivity index (χ1) is 14.6. The Hall–Kier alpha value is -2.68. The number of imidazole rings is 1. The third kappa shape index (κ3) is 4.12. The average molecular weight is 405 g/mol. The molecule has 5 heteroatoms. The van der Waals surface area contributed by atoms with Gasteiger partial charge in [0.1, 0.15) is 5.69 Å². The van der Waals surface area contributed by atoms with Gasteiger partial charge >= 0.3 is 0 Å². The Morgan fingerprint density at radius 1 is 1.30 bits per heavy atom. The summed E-state index contributed by atoms with van der Waals surface area (Å²) in [7, 11) is 0. The molecule has 30 heavy (non-hydrogen) atoms. The minimum atomic E-state index is -0.270. The van der Waals surface area contributed by atoms with E-state index < -0.39 is 0 Å². The predicted molar refractivity (Wildman–Crippen MR) is 116 cm³/mol. The molecule has 156 valence electrons. The van der Waals surface area contributed by atoms with Crippen LogP contribution in [0.4, 0.5) is 0 Å². The number of nitrogens with one attached hydrogen (secondary N) is 1. The van der Waals surface area contributed by atoms with Gasteiger partial charge in [0.2, 0.25) is 5.78 Å². The summed E-state index contributed by atoms with van der Waals surface area (Å²) in [5.74, 6) is 2.69. The SMILES string of the molecule is C#Cc1cnc(C(=O)Cc2ccc(C3(CO)CCOCC3)cc2C2=CCCCC2)[nH]1. The molecule has 1 saturated heterocycles. The molecule has 5 nitrogen and oxygen atoms in total. The zero-order valence-electron chi connectivity index (χ0n) is 17.2. The van der Waals surface area contributed by atoms with Crippen molar-refractivity contribution in [1.82, 2.24) is 9.97 Å². The highest BCUT2D eigenvalue weighted by atomic mass is 16.5. The van der Waals surface area contributed by atoms with E-state index in [2.05, 4.69) is 40.2 Å². The third-order valence-corrected chi connectivity index (χ3v) is 6.46. The van der Waals surface area contributed by atoms with Crippen LogP contribution < -0.4 is 0 Å². The zero-order chi connectivity index (χ0) is 21.0. The fourth-order valence-electron chi connectivity index (χ4n) is 4.54. The van der Waals surface area contributed by atoms with Gasteiger partial charge in [0.15, 0.2) is 5.82 Å². The van der Waals surface area contributed by atoms with E-state index in [4.69, 9.17) is 11.2 Å². The van der Waals surface area contributed by atoms with Crippen molar-refractivity contribution in [3.05, 3.63) is 58.7 Å². The van der Waals surface area contributed by atoms with Crippen LogP contribution in [0.5, 0.6) is 0 Å². The largest absolute Gasteiger partial charge is 0.395 e. The molecular formula is C25H28N2O3. The smallest absolute Gasteiger partial charge is 0.202 e. The first-order valence-corrected chi connectivity index (χ1v) is 10.7. The molecule has 1 aliphatic heterocycles. The lowest BCUT2D eigenvalue weighted by Gasteiger charge is -2.36. The number of ether oxygens (including phenoxy) is 1. The lowest BCUT2D eigenvalue weighted by atomic mass is 9.73. The van der Waals surface area contributed by atoms with Crippen LogP contribution in [0.3, 0.4) is 0 Å². The Labute approximate surface area is 177 Å². The molecule has 1 aliphatic carbocycles. The lowest BCUT2D eigenvalue weighted by Crippen LogP contribution is -2.37. The summed E-state index contributed by atoms with van der Waals surface area (Å²) in [4.78, 5) is 19.9. The first kappa shape index (κ1) is 20.6. The summed E-state index contributed by atoms with van der Waals surface area (Å²) in [5.41, 5.74) is 4.80. The number of hydrogen-bond acceptors (Lipinski definition) is 4. The zero-order valence-corrected chi connectivity index (χ0v) is 17.2. The number of aliphatic hydroxyl groups excluding tert-OH is 1. The second-order valence-corrected chi connectivity index (χ2v) is 8.29. The van der Waals surface area contributed by atoms with E-state index in [1.54, 1.807) is 0 Å². The Balaban J connectivity index is 1.70. The standard InChI is InChI=1S/C25H28N2O3/c1-2-21-16-26-24(27-21)23(29)14-19-8-9-20(25(17-28)10-12-30-13-11-25)15-22(19)18-6-4-3-5-7-18/h1,6,8-9,15-16,28H,3-5,7,10-14,17H2,(H,26,27). The maximum absolute atomic E-state index is 12.8. The summed E-state index contributed by atoms with van der Waals surface area (Å²) in [5, 5.41) is 10.2. The van der Waals surface area contributed by atoms with Crippen molar-refractivity contribution >= 4 is 11.4 Å². The number of hydrogen-bond donors (Lipinski definition) is 2. The van der Waals surface area contributed by atoms with Crippen molar-refractivity contribution in [3.8, 4) is 12.3 Å². The minimum absolute atomic E-state index is 0.0788. The normalized spacial score (nSPS) is 18.5. The van der Waals surface area contributed by atoms with Crippen LogP contribution in [0.15, 0.2) is 30.5 Å². The molecular weight excluding hydrogens is 376 g/mol. The highest BCUT2D eigenvalue weighted by Crippen LogP contribution is 2.38. The van der Waals surface area contributed by atoms with Crippen molar-refractivity contribution in [2.45, 2.75) is 50.4 Å². The van der Waals surface area contributed by atoms with Gasteiger partial charge in [-0.2, -0.15) is 0 Å². The van der Waals surface area contributed by atoms with Gasteiger partial charge < -0.3 is 14.8 Å². The minimum Gasteiger partial charge on any atom is -0.395 e. The molecule has 1 aromatic heterocycles. The molecule has 1 fully saturated rings. The molecule has 0 bridgehead atoms. The molecule has 1 aromatic carbocycles. The number of carbonyl (C=O) groups is 1. The fraction of sp³-hybridized carbons (Fsp3) is 0.440. The van der Waals surface area contributed by atoms with E-state index in [0.29, 0.717) is 24.7 Å². The summed E-state index contributed by atoms with van der Waals surface area (Å²) < 4.78 is 5.54. The molecule has 0 radical (unpaired) electrons. The van der Waals surface area contributed by atoms with Gasteiger partial charge in [-0.25, -0.2) is 4.98 Å². The number of allylic oxidation sites excluding steroid dienone is 2. The third-order valence-electron chi connectivity index (χ3n) is 6.46. The maximum atomic E-state index is 12.8. The average Bonchev–Trinajstić information content (AvgIpc) is 3.30. The summed E-state index contributed by atoms with van der Waals surface area (Å²) in [6.45, 7) is 1.43. The molecule has 2 aromatic rings. The van der Waals surface area contributed by atoms with Crippen molar-refractivity contribution in [2.75, 3.05) is 19.8 Å². The topological polar surface area (TPSA) is 75.2 Å². The van der Waals surface area contributed by atoms with Crippen LogP contribution in [0, 0.1) is 12.3 Å². The maximum Gasteiger partial charge on any atom is 0.202 e. The Bertz CT molecular complexity index is 990. The number of benzene rings is 1. The molecule has 0 unspecified atom stereocenters. The number of carbonyl (C=O) groups excluding carboxylic acids is 1. The molecule has 4 rings (SSSR count). The number of aromatic amines is 1. The molecule has 2 aliphatic rings. The van der Waals surface area contributed by atoms with E-state index in [0.717, 1.165) is 48.8 Å². The van der Waals surface area contributed by atoms with E-state index >= 15 is 0 Å². The van der Waals surface area contributed by atoms with Crippen molar-refractivity contribution in [3.63, 3.8) is 0 Å². The van der Waals surface area contributed by atoms with Gasteiger partial charge in [-0.15, -0.1) is 6.42 Å². The number of terminal acetylenes is 1. The Kier molecular flexibility index (Phi) is 6.17. The van der Waals surface area contributed by atoms with Crippen LogP contribution in [-0.4, -0.2) is 40.7 Å². The van der Waals surface area contributed by atoms with E-state index in [1.165, 1.54) is 18.2 Å². The lowest BCUT2D eigenvalue weighted by molar-refractivity contribution is 0.0253. The number of nitrogens with zero attached hydrogens (tertiary/aromatic N) is 1. The monoisotopic (exact) mass is 404 g/mol. The molecule has 2 heterocycles. The number of aromatic nitrogens is 2. The summed E-state index contributed by atoms with van der Waals surface area (Å²) in [6.07, 6.45) is 15.5. The van der Waals surface area contributed by atoms with Gasteiger partial charge in [-0.05, 0) is 60.8 Å².